The van der Waals surface area contributed by atoms with Crippen LogP contribution in [0.1, 0.15) is 35.2 Å². The fourth-order valence-electron chi connectivity index (χ4n) is 3.37. The van der Waals surface area contributed by atoms with Gasteiger partial charge in [0.1, 0.15) is 11.0 Å². The quantitative estimate of drug-likeness (QED) is 0.464. The maximum absolute atomic E-state index is 11.4. The summed E-state index contributed by atoms with van der Waals surface area (Å²) in [6.07, 6.45) is 1.50. The first kappa shape index (κ1) is 19.8. The van der Waals surface area contributed by atoms with Crippen LogP contribution in [0.15, 0.2) is 48.5 Å². The lowest BCUT2D eigenvalue weighted by Gasteiger charge is -2.11. The molecule has 2 N–H and O–H groups in total. The number of aromatic amines is 1. The zero-order valence-electron chi connectivity index (χ0n) is 16.2. The van der Waals surface area contributed by atoms with E-state index >= 15 is 0 Å². The Balaban J connectivity index is 1.64. The Morgan fingerprint density at radius 2 is 1.87 bits per heavy atom. The third kappa shape index (κ3) is 3.81. The van der Waals surface area contributed by atoms with Gasteiger partial charge in [0.15, 0.2) is 5.69 Å². The third-order valence-corrected chi connectivity index (χ3v) is 5.16. The molecule has 30 heavy (non-hydrogen) atoms. The predicted molar refractivity (Wildman–Crippen MR) is 112 cm³/mol. The van der Waals surface area contributed by atoms with E-state index < -0.39 is 5.97 Å². The molecule has 0 bridgehead atoms. The number of carbonyl (C=O) groups is 1. The van der Waals surface area contributed by atoms with Crippen LogP contribution in [0.25, 0.3) is 22.5 Å². The third-order valence-electron chi connectivity index (χ3n) is 4.78. The van der Waals surface area contributed by atoms with Crippen molar-refractivity contribution in [1.82, 2.24) is 30.2 Å². The van der Waals surface area contributed by atoms with Crippen molar-refractivity contribution in [1.29, 1.82) is 0 Å². The Kier molecular flexibility index (Phi) is 5.58. The molecule has 0 saturated heterocycles. The SMILES string of the molecule is CCCc1nc(C(=O)O)c(Cl)n1Cc1ccc(-c2ccccc2-c2nn[nH]n2)cc1. The molecular weight excluding hydrogens is 404 g/mol. The van der Waals surface area contributed by atoms with Gasteiger partial charge in [-0.3, -0.25) is 0 Å². The number of aromatic nitrogens is 6. The lowest BCUT2D eigenvalue weighted by atomic mass is 9.98. The molecule has 2 aromatic heterocycles. The summed E-state index contributed by atoms with van der Waals surface area (Å²) in [5.41, 5.74) is 3.77. The van der Waals surface area contributed by atoms with Crippen molar-refractivity contribution in [2.75, 3.05) is 0 Å². The number of tetrazole rings is 1. The van der Waals surface area contributed by atoms with Crippen LogP contribution in [0.2, 0.25) is 5.15 Å². The fraction of sp³-hybridized carbons (Fsp3) is 0.190. The number of aromatic carboxylic acids is 1. The number of rotatable bonds is 7. The van der Waals surface area contributed by atoms with E-state index in [0.717, 1.165) is 28.7 Å². The smallest absolute Gasteiger partial charge is 0.357 e. The van der Waals surface area contributed by atoms with Gasteiger partial charge in [-0.15, -0.1) is 10.2 Å². The number of aryl methyl sites for hydroxylation is 1. The molecule has 2 heterocycles. The Hall–Kier alpha value is -3.52. The topological polar surface area (TPSA) is 110 Å². The molecule has 0 aliphatic carbocycles. The van der Waals surface area contributed by atoms with E-state index in [1.165, 1.54) is 0 Å². The van der Waals surface area contributed by atoms with Crippen LogP contribution < -0.4 is 0 Å². The van der Waals surface area contributed by atoms with Crippen LogP contribution in [-0.2, 0) is 13.0 Å². The summed E-state index contributed by atoms with van der Waals surface area (Å²) in [7, 11) is 0. The first-order valence-electron chi connectivity index (χ1n) is 9.48. The number of hydrogen-bond donors (Lipinski definition) is 2. The van der Waals surface area contributed by atoms with Crippen molar-refractivity contribution in [3.63, 3.8) is 0 Å². The minimum Gasteiger partial charge on any atom is -0.476 e. The molecule has 0 spiro atoms. The van der Waals surface area contributed by atoms with Gasteiger partial charge in [0.25, 0.3) is 0 Å². The van der Waals surface area contributed by atoms with E-state index in [1.807, 2.05) is 55.5 Å². The maximum atomic E-state index is 11.4. The second-order valence-corrected chi connectivity index (χ2v) is 7.14. The van der Waals surface area contributed by atoms with Gasteiger partial charge in [-0.1, -0.05) is 67.1 Å². The van der Waals surface area contributed by atoms with E-state index in [4.69, 9.17) is 11.6 Å². The highest BCUT2D eigenvalue weighted by Crippen LogP contribution is 2.30. The second-order valence-electron chi connectivity index (χ2n) is 6.79. The fourth-order valence-corrected chi connectivity index (χ4v) is 3.65. The van der Waals surface area contributed by atoms with E-state index in [9.17, 15) is 9.90 Å². The number of imidazole rings is 1. The van der Waals surface area contributed by atoms with E-state index in [2.05, 4.69) is 25.6 Å². The number of halogens is 1. The molecule has 0 aliphatic heterocycles. The Labute approximate surface area is 177 Å². The lowest BCUT2D eigenvalue weighted by molar-refractivity contribution is 0.0691. The van der Waals surface area contributed by atoms with Crippen molar-refractivity contribution in [2.24, 2.45) is 0 Å². The minimum atomic E-state index is -1.12. The van der Waals surface area contributed by atoms with Gasteiger partial charge >= 0.3 is 5.97 Å². The molecule has 4 aromatic rings. The van der Waals surface area contributed by atoms with Crippen LogP contribution >= 0.6 is 11.6 Å². The molecule has 8 nitrogen and oxygen atoms in total. The molecule has 0 aliphatic rings. The zero-order chi connectivity index (χ0) is 21.1. The molecule has 0 amide bonds. The average Bonchev–Trinajstić information content (AvgIpc) is 3.39. The van der Waals surface area contributed by atoms with Crippen LogP contribution in [0.5, 0.6) is 0 Å². The molecule has 0 saturated carbocycles. The van der Waals surface area contributed by atoms with Crippen LogP contribution in [0.3, 0.4) is 0 Å². The highest BCUT2D eigenvalue weighted by molar-refractivity contribution is 6.32. The normalized spacial score (nSPS) is 11.0. The highest BCUT2D eigenvalue weighted by Gasteiger charge is 2.20. The standard InChI is InChI=1S/C21H19ClN6O2/c1-2-5-17-23-18(21(29)30)19(22)28(17)12-13-8-10-14(11-9-13)15-6-3-4-7-16(15)20-24-26-27-25-20/h3-4,6-11H,2,5,12H2,1H3,(H,29,30)(H,24,25,26,27). The van der Waals surface area contributed by atoms with Crippen molar-refractivity contribution < 1.29 is 9.90 Å². The van der Waals surface area contributed by atoms with Gasteiger partial charge in [-0.25, -0.2) is 9.78 Å². The first-order chi connectivity index (χ1) is 14.6. The van der Waals surface area contributed by atoms with Crippen molar-refractivity contribution >= 4 is 17.6 Å². The first-order valence-corrected chi connectivity index (χ1v) is 9.86. The number of H-pyrrole nitrogens is 1. The van der Waals surface area contributed by atoms with Gasteiger partial charge in [-0.05, 0) is 28.3 Å². The summed E-state index contributed by atoms with van der Waals surface area (Å²) in [5, 5.41) is 23.8. The maximum Gasteiger partial charge on any atom is 0.357 e. The van der Waals surface area contributed by atoms with Gasteiger partial charge in [0, 0.05) is 12.0 Å². The van der Waals surface area contributed by atoms with Gasteiger partial charge in [-0.2, -0.15) is 5.21 Å². The van der Waals surface area contributed by atoms with Gasteiger partial charge in [0.2, 0.25) is 5.82 Å². The molecule has 9 heteroatoms. The summed E-state index contributed by atoms with van der Waals surface area (Å²) in [4.78, 5) is 15.6. The van der Waals surface area contributed by atoms with Gasteiger partial charge in [0.05, 0.1) is 6.54 Å². The number of carboxylic acid groups (broad SMARTS) is 1. The average molecular weight is 423 g/mol. The summed E-state index contributed by atoms with van der Waals surface area (Å²) < 4.78 is 1.76. The molecule has 0 radical (unpaired) electrons. The molecule has 0 atom stereocenters. The predicted octanol–water partition coefficient (Wildman–Crippen LogP) is 4.08. The molecule has 152 valence electrons. The minimum absolute atomic E-state index is 0.106. The Morgan fingerprint density at radius 3 is 2.50 bits per heavy atom. The van der Waals surface area contributed by atoms with Crippen molar-refractivity contribution in [3.8, 4) is 22.5 Å². The molecule has 0 fully saturated rings. The van der Waals surface area contributed by atoms with E-state index in [1.54, 1.807) is 4.57 Å². The second kappa shape index (κ2) is 8.46. The summed E-state index contributed by atoms with van der Waals surface area (Å²) in [6, 6.07) is 15.9. The number of nitrogens with zero attached hydrogens (tertiary/aromatic N) is 5. The summed E-state index contributed by atoms with van der Waals surface area (Å²) in [6.45, 7) is 2.46. The molecule has 4 rings (SSSR count). The Bertz CT molecular complexity index is 1170. The van der Waals surface area contributed by atoms with Crippen molar-refractivity contribution in [2.45, 2.75) is 26.3 Å². The van der Waals surface area contributed by atoms with Gasteiger partial charge < -0.3 is 9.67 Å². The van der Waals surface area contributed by atoms with Crippen LogP contribution in [0, 0.1) is 0 Å². The number of benzene rings is 2. The highest BCUT2D eigenvalue weighted by atomic mass is 35.5. The van der Waals surface area contributed by atoms with Crippen LogP contribution in [0.4, 0.5) is 0 Å². The number of carboxylic acids is 1. The number of hydrogen-bond acceptors (Lipinski definition) is 5. The summed E-state index contributed by atoms with van der Waals surface area (Å²) in [5.74, 6) is 0.0845. The molecule has 0 unspecified atom stereocenters. The zero-order valence-corrected chi connectivity index (χ0v) is 17.0. The molecular formula is C21H19ClN6O2. The summed E-state index contributed by atoms with van der Waals surface area (Å²) >= 11 is 6.31. The number of nitrogens with one attached hydrogen (secondary N) is 1. The van der Waals surface area contributed by atoms with Crippen LogP contribution in [-0.4, -0.2) is 41.3 Å². The van der Waals surface area contributed by atoms with Crippen molar-refractivity contribution in [3.05, 3.63) is 70.8 Å². The Morgan fingerprint density at radius 1 is 1.13 bits per heavy atom. The monoisotopic (exact) mass is 422 g/mol. The lowest BCUT2D eigenvalue weighted by Crippen LogP contribution is -2.05. The van der Waals surface area contributed by atoms with E-state index in [0.29, 0.717) is 24.6 Å². The largest absolute Gasteiger partial charge is 0.476 e. The molecule has 2 aromatic carbocycles. The van der Waals surface area contributed by atoms with E-state index in [-0.39, 0.29) is 10.8 Å².